The molecule has 6 heteroatoms. The topological polar surface area (TPSA) is 81.1 Å². The highest BCUT2D eigenvalue weighted by Crippen LogP contribution is 2.30. The van der Waals surface area contributed by atoms with Crippen molar-refractivity contribution in [3.8, 4) is 0 Å². The molecule has 0 aromatic heterocycles. The van der Waals surface area contributed by atoms with E-state index in [1.54, 1.807) is 4.90 Å². The van der Waals surface area contributed by atoms with Crippen LogP contribution in [0.2, 0.25) is 0 Å². The summed E-state index contributed by atoms with van der Waals surface area (Å²) in [6.45, 7) is 3.22. The van der Waals surface area contributed by atoms with Gasteiger partial charge in [-0.15, -0.1) is 0 Å². The molecule has 2 unspecified atom stereocenters. The maximum atomic E-state index is 12.4. The number of amides is 2. The molecule has 0 radical (unpaired) electrons. The lowest BCUT2D eigenvalue weighted by atomic mass is 9.97. The van der Waals surface area contributed by atoms with Gasteiger partial charge in [0.15, 0.2) is 0 Å². The van der Waals surface area contributed by atoms with Crippen molar-refractivity contribution in [2.75, 3.05) is 26.2 Å². The van der Waals surface area contributed by atoms with E-state index in [0.717, 1.165) is 12.8 Å². The monoisotopic (exact) mass is 270 g/mol. The van der Waals surface area contributed by atoms with Gasteiger partial charge >= 0.3 is 12.0 Å². The van der Waals surface area contributed by atoms with Gasteiger partial charge in [-0.25, -0.2) is 4.79 Å². The van der Waals surface area contributed by atoms with E-state index in [2.05, 4.69) is 0 Å². The van der Waals surface area contributed by atoms with E-state index in [-0.39, 0.29) is 24.6 Å². The second-order valence-corrected chi connectivity index (χ2v) is 5.78. The second kappa shape index (κ2) is 5.77. The maximum absolute atomic E-state index is 12.4. The van der Waals surface area contributed by atoms with Crippen molar-refractivity contribution >= 4 is 12.0 Å². The quantitative estimate of drug-likeness (QED) is 0.784. The van der Waals surface area contributed by atoms with Crippen molar-refractivity contribution < 1.29 is 19.8 Å². The Morgan fingerprint density at radius 2 is 2.00 bits per heavy atom. The first-order chi connectivity index (χ1) is 8.97. The molecule has 2 aliphatic rings. The third-order valence-corrected chi connectivity index (χ3v) is 3.90. The van der Waals surface area contributed by atoms with E-state index in [9.17, 15) is 14.7 Å². The van der Waals surface area contributed by atoms with Crippen LogP contribution in [0.15, 0.2) is 0 Å². The fourth-order valence-electron chi connectivity index (χ4n) is 2.49. The molecule has 0 aromatic rings. The summed E-state index contributed by atoms with van der Waals surface area (Å²) < 4.78 is 0. The van der Waals surface area contributed by atoms with Gasteiger partial charge in [0.1, 0.15) is 6.54 Å². The van der Waals surface area contributed by atoms with Gasteiger partial charge in [0.2, 0.25) is 0 Å². The molecule has 1 heterocycles. The normalized spacial score (nSPS) is 27.2. The molecule has 2 rings (SSSR count). The molecule has 0 bridgehead atoms. The van der Waals surface area contributed by atoms with Gasteiger partial charge in [0.25, 0.3) is 0 Å². The Balaban J connectivity index is 1.95. The Labute approximate surface area is 113 Å². The first kappa shape index (κ1) is 14.1. The molecular formula is C13H22N2O4. The van der Waals surface area contributed by atoms with Crippen LogP contribution >= 0.6 is 0 Å². The summed E-state index contributed by atoms with van der Waals surface area (Å²) in [5.74, 6) is -0.458. The Hall–Kier alpha value is -1.30. The minimum Gasteiger partial charge on any atom is -0.480 e. The fraction of sp³-hybridized carbons (Fsp3) is 0.846. The number of hydrogen-bond donors (Lipinski definition) is 2. The summed E-state index contributed by atoms with van der Waals surface area (Å²) in [6, 6.07) is -0.201. The van der Waals surface area contributed by atoms with Crippen molar-refractivity contribution in [3.63, 3.8) is 0 Å². The molecule has 0 aromatic carbocycles. The Morgan fingerprint density at radius 3 is 2.53 bits per heavy atom. The summed E-state index contributed by atoms with van der Waals surface area (Å²) in [7, 11) is 0. The lowest BCUT2D eigenvalue weighted by Crippen LogP contribution is -2.51. The van der Waals surface area contributed by atoms with Crippen LogP contribution in [0.4, 0.5) is 4.79 Å². The largest absolute Gasteiger partial charge is 0.480 e. The number of aliphatic hydroxyl groups is 1. The van der Waals surface area contributed by atoms with Crippen molar-refractivity contribution in [1.29, 1.82) is 0 Å². The molecule has 1 saturated heterocycles. The number of hydrogen-bond acceptors (Lipinski definition) is 3. The highest BCUT2D eigenvalue weighted by Gasteiger charge is 2.33. The molecule has 2 N–H and O–H groups in total. The molecule has 2 amide bonds. The summed E-state index contributed by atoms with van der Waals surface area (Å²) in [4.78, 5) is 26.3. The van der Waals surface area contributed by atoms with Gasteiger partial charge in [-0.2, -0.15) is 0 Å². The zero-order valence-corrected chi connectivity index (χ0v) is 11.3. The zero-order valence-electron chi connectivity index (χ0n) is 11.3. The van der Waals surface area contributed by atoms with Gasteiger partial charge < -0.3 is 20.0 Å². The number of rotatable bonds is 4. The van der Waals surface area contributed by atoms with Crippen LogP contribution < -0.4 is 0 Å². The minimum absolute atomic E-state index is 0.0466. The number of carboxylic acid groups (broad SMARTS) is 1. The first-order valence-electron chi connectivity index (χ1n) is 6.91. The number of likely N-dealkylation sites (tertiary alicyclic amines) is 1. The average Bonchev–Trinajstić information content (AvgIpc) is 3.14. The van der Waals surface area contributed by atoms with E-state index in [1.165, 1.54) is 4.90 Å². The molecule has 2 fully saturated rings. The van der Waals surface area contributed by atoms with Crippen LogP contribution in [0.1, 0.15) is 26.2 Å². The molecule has 0 spiro atoms. The highest BCUT2D eigenvalue weighted by molar-refractivity contribution is 5.80. The second-order valence-electron chi connectivity index (χ2n) is 5.78. The lowest BCUT2D eigenvalue weighted by molar-refractivity contribution is -0.137. The van der Waals surface area contributed by atoms with E-state index in [0.29, 0.717) is 32.0 Å². The smallest absolute Gasteiger partial charge is 0.323 e. The van der Waals surface area contributed by atoms with Gasteiger partial charge in [-0.3, -0.25) is 4.79 Å². The number of aliphatic carboxylic acids is 1. The van der Waals surface area contributed by atoms with Crippen molar-refractivity contribution in [1.82, 2.24) is 9.80 Å². The van der Waals surface area contributed by atoms with Crippen LogP contribution in [-0.2, 0) is 4.79 Å². The number of urea groups is 1. The number of nitrogens with zero attached hydrogens (tertiary/aromatic N) is 2. The Kier molecular flexibility index (Phi) is 4.29. The summed E-state index contributed by atoms with van der Waals surface area (Å²) in [5, 5.41) is 18.6. The number of carboxylic acids is 1. The van der Waals surface area contributed by atoms with Gasteiger partial charge in [-0.1, -0.05) is 6.92 Å². The van der Waals surface area contributed by atoms with Crippen molar-refractivity contribution in [2.24, 2.45) is 11.8 Å². The highest BCUT2D eigenvalue weighted by atomic mass is 16.4. The van der Waals surface area contributed by atoms with E-state index in [1.807, 2.05) is 6.92 Å². The van der Waals surface area contributed by atoms with E-state index < -0.39 is 5.97 Å². The summed E-state index contributed by atoms with van der Waals surface area (Å²) >= 11 is 0. The Bertz CT molecular complexity index is 357. The summed E-state index contributed by atoms with van der Waals surface area (Å²) in [5.41, 5.74) is 0. The van der Waals surface area contributed by atoms with Crippen molar-refractivity contribution in [3.05, 3.63) is 0 Å². The van der Waals surface area contributed by atoms with Crippen LogP contribution in [0, 0.1) is 11.8 Å². The van der Waals surface area contributed by atoms with E-state index >= 15 is 0 Å². The standard InChI is InChI=1S/C13H22N2O4/c1-9-6-14(5-4-11(9)16)13(19)15(8-12(17)18)7-10-2-3-10/h9-11,16H,2-8H2,1H3,(H,17,18). The predicted molar refractivity (Wildman–Crippen MR) is 68.7 cm³/mol. The molecule has 19 heavy (non-hydrogen) atoms. The molecular weight excluding hydrogens is 248 g/mol. The summed E-state index contributed by atoms with van der Waals surface area (Å²) in [6.07, 6.45) is 2.37. The fourth-order valence-corrected chi connectivity index (χ4v) is 2.49. The van der Waals surface area contributed by atoms with Crippen LogP contribution in [0.3, 0.4) is 0 Å². The molecule has 1 saturated carbocycles. The average molecular weight is 270 g/mol. The van der Waals surface area contributed by atoms with E-state index in [4.69, 9.17) is 5.11 Å². The molecule has 6 nitrogen and oxygen atoms in total. The van der Waals surface area contributed by atoms with Gasteiger partial charge in [-0.05, 0) is 31.1 Å². The third kappa shape index (κ3) is 3.83. The molecule has 108 valence electrons. The predicted octanol–water partition coefficient (Wildman–Crippen LogP) is 0.606. The minimum atomic E-state index is -0.973. The van der Waals surface area contributed by atoms with Gasteiger partial charge in [0.05, 0.1) is 6.10 Å². The number of piperidine rings is 1. The maximum Gasteiger partial charge on any atom is 0.323 e. The van der Waals surface area contributed by atoms with Crippen LogP contribution in [0.5, 0.6) is 0 Å². The number of aliphatic hydroxyl groups excluding tert-OH is 1. The van der Waals surface area contributed by atoms with Crippen LogP contribution in [0.25, 0.3) is 0 Å². The SMILES string of the molecule is CC1CN(C(=O)N(CC(=O)O)CC2CC2)CCC1O. The third-order valence-electron chi connectivity index (χ3n) is 3.90. The number of carbonyl (C=O) groups excluding carboxylic acids is 1. The van der Waals surface area contributed by atoms with Crippen molar-refractivity contribution in [2.45, 2.75) is 32.3 Å². The molecule has 1 aliphatic heterocycles. The zero-order chi connectivity index (χ0) is 14.0. The molecule has 2 atom stereocenters. The van der Waals surface area contributed by atoms with Gasteiger partial charge in [0, 0.05) is 19.6 Å². The Morgan fingerprint density at radius 1 is 1.32 bits per heavy atom. The number of carbonyl (C=O) groups is 2. The molecule has 1 aliphatic carbocycles. The first-order valence-corrected chi connectivity index (χ1v) is 6.91. The lowest BCUT2D eigenvalue weighted by Gasteiger charge is -2.37. The van der Waals surface area contributed by atoms with Crippen LogP contribution in [-0.4, -0.2) is 64.3 Å².